The monoisotopic (exact) mass is 246 g/mol. The highest BCUT2D eigenvalue weighted by molar-refractivity contribution is 5.82. The van der Waals surface area contributed by atoms with Crippen LogP contribution in [0.15, 0.2) is 0 Å². The summed E-state index contributed by atoms with van der Waals surface area (Å²) in [5.74, 6) is 0.187. The zero-order valence-electron chi connectivity index (χ0n) is 10.1. The van der Waals surface area contributed by atoms with Gasteiger partial charge in [0.1, 0.15) is 5.54 Å². The van der Waals surface area contributed by atoms with E-state index in [0.717, 1.165) is 19.4 Å². The predicted molar refractivity (Wildman–Crippen MR) is 62.3 cm³/mol. The van der Waals surface area contributed by atoms with Gasteiger partial charge in [-0.15, -0.1) is 0 Å². The van der Waals surface area contributed by atoms with Crippen LogP contribution in [0.1, 0.15) is 19.8 Å². The maximum atomic E-state index is 11.9. The molecule has 6 nitrogen and oxygen atoms in total. The second-order valence-corrected chi connectivity index (χ2v) is 4.88. The second kappa shape index (κ2) is 6.30. The van der Waals surface area contributed by atoms with E-state index in [1.165, 1.54) is 0 Å². The second-order valence-electron chi connectivity index (χ2n) is 4.88. The molecule has 2 unspecified atom stereocenters. The molecule has 0 bridgehead atoms. The number of hydrogen-bond donors (Lipinski definition) is 5. The Hall–Kier alpha value is -0.690. The minimum atomic E-state index is -1.33. The molecule has 6 heteroatoms. The molecule has 1 aliphatic rings. The van der Waals surface area contributed by atoms with Crippen LogP contribution in [-0.2, 0) is 4.79 Å². The molecule has 1 amide bonds. The molecule has 0 aromatic carbocycles. The lowest BCUT2D eigenvalue weighted by molar-refractivity contribution is -0.128. The molecule has 0 aromatic rings. The van der Waals surface area contributed by atoms with Gasteiger partial charge in [0.05, 0.1) is 25.9 Å². The molecule has 0 spiro atoms. The van der Waals surface area contributed by atoms with E-state index in [-0.39, 0.29) is 11.9 Å². The van der Waals surface area contributed by atoms with Crippen molar-refractivity contribution in [3.8, 4) is 0 Å². The highest BCUT2D eigenvalue weighted by atomic mass is 16.3. The van der Waals surface area contributed by atoms with Gasteiger partial charge in [-0.2, -0.15) is 0 Å². The van der Waals surface area contributed by atoms with Crippen LogP contribution in [0.2, 0.25) is 0 Å². The van der Waals surface area contributed by atoms with Crippen LogP contribution in [0.3, 0.4) is 0 Å². The van der Waals surface area contributed by atoms with Crippen LogP contribution >= 0.6 is 0 Å². The minimum absolute atomic E-state index is 0.284. The fraction of sp³-hybridized carbons (Fsp3) is 0.909. The third kappa shape index (κ3) is 3.64. The summed E-state index contributed by atoms with van der Waals surface area (Å²) in [5.41, 5.74) is -1.33. The third-order valence-electron chi connectivity index (χ3n) is 3.28. The van der Waals surface area contributed by atoms with Crippen molar-refractivity contribution in [2.24, 2.45) is 5.92 Å². The van der Waals surface area contributed by atoms with E-state index in [1.54, 1.807) is 0 Å². The Balaban J connectivity index is 2.57. The third-order valence-corrected chi connectivity index (χ3v) is 3.28. The molecule has 0 saturated carbocycles. The zero-order chi connectivity index (χ0) is 12.9. The summed E-state index contributed by atoms with van der Waals surface area (Å²) in [6, 6.07) is -0.317. The summed E-state index contributed by atoms with van der Waals surface area (Å²) >= 11 is 0. The Bertz CT molecular complexity index is 248. The largest absolute Gasteiger partial charge is 0.394 e. The molecule has 5 N–H and O–H groups in total. The van der Waals surface area contributed by atoms with E-state index < -0.39 is 25.4 Å². The van der Waals surface area contributed by atoms with Gasteiger partial charge >= 0.3 is 0 Å². The molecular formula is C11H22N2O4. The maximum absolute atomic E-state index is 11.9. The van der Waals surface area contributed by atoms with E-state index >= 15 is 0 Å². The summed E-state index contributed by atoms with van der Waals surface area (Å²) in [6.07, 6.45) is 1.76. The molecule has 1 fully saturated rings. The standard InChI is InChI=1S/C11H22N2O4/c1-8-2-3-12-9(4-8)10(17)13-11(5-14,6-15)7-16/h8-9,12,14-16H,2-7H2,1H3,(H,13,17). The van der Waals surface area contributed by atoms with Gasteiger partial charge in [0, 0.05) is 0 Å². The molecular weight excluding hydrogens is 224 g/mol. The Kier molecular flexibility index (Phi) is 5.32. The van der Waals surface area contributed by atoms with Crippen molar-refractivity contribution in [1.29, 1.82) is 0 Å². The first-order valence-corrected chi connectivity index (χ1v) is 5.95. The number of rotatable bonds is 5. The summed E-state index contributed by atoms with van der Waals surface area (Å²) in [4.78, 5) is 11.9. The first-order chi connectivity index (χ1) is 8.06. The topological polar surface area (TPSA) is 102 Å². The van der Waals surface area contributed by atoms with Gasteiger partial charge in [0.25, 0.3) is 0 Å². The lowest BCUT2D eigenvalue weighted by Crippen LogP contribution is -2.61. The molecule has 0 aliphatic carbocycles. The lowest BCUT2D eigenvalue weighted by atomic mass is 9.93. The average molecular weight is 246 g/mol. The average Bonchev–Trinajstić information content (AvgIpc) is 2.36. The van der Waals surface area contributed by atoms with Crippen molar-refractivity contribution in [1.82, 2.24) is 10.6 Å². The van der Waals surface area contributed by atoms with Crippen LogP contribution < -0.4 is 10.6 Å². The molecule has 100 valence electrons. The van der Waals surface area contributed by atoms with Gasteiger partial charge in [-0.3, -0.25) is 4.79 Å². The fourth-order valence-electron chi connectivity index (χ4n) is 1.92. The fourth-order valence-corrected chi connectivity index (χ4v) is 1.92. The molecule has 0 aromatic heterocycles. The molecule has 0 radical (unpaired) electrons. The zero-order valence-corrected chi connectivity index (χ0v) is 10.1. The number of piperidine rings is 1. The number of hydrogen-bond acceptors (Lipinski definition) is 5. The molecule has 2 atom stereocenters. The van der Waals surface area contributed by atoms with Crippen LogP contribution in [0.5, 0.6) is 0 Å². The van der Waals surface area contributed by atoms with Gasteiger partial charge in [-0.05, 0) is 25.3 Å². The Morgan fingerprint density at radius 3 is 2.41 bits per heavy atom. The molecule has 1 heterocycles. The number of aliphatic hydroxyl groups excluding tert-OH is 3. The number of carbonyl (C=O) groups is 1. The molecule has 1 rings (SSSR count). The van der Waals surface area contributed by atoms with Crippen LogP contribution in [-0.4, -0.2) is 59.2 Å². The highest BCUT2D eigenvalue weighted by Gasteiger charge is 2.33. The quantitative estimate of drug-likeness (QED) is 0.394. The van der Waals surface area contributed by atoms with E-state index in [4.69, 9.17) is 15.3 Å². The van der Waals surface area contributed by atoms with E-state index in [1.807, 2.05) is 0 Å². The summed E-state index contributed by atoms with van der Waals surface area (Å²) < 4.78 is 0. The molecule has 1 saturated heterocycles. The molecule has 1 aliphatic heterocycles. The van der Waals surface area contributed by atoms with Gasteiger partial charge < -0.3 is 26.0 Å². The van der Waals surface area contributed by atoms with Crippen molar-refractivity contribution < 1.29 is 20.1 Å². The SMILES string of the molecule is CC1CCNC(C(=O)NC(CO)(CO)CO)C1. The van der Waals surface area contributed by atoms with Crippen molar-refractivity contribution in [2.75, 3.05) is 26.4 Å². The first-order valence-electron chi connectivity index (χ1n) is 5.95. The summed E-state index contributed by atoms with van der Waals surface area (Å²) in [7, 11) is 0. The number of carbonyl (C=O) groups excluding carboxylic acids is 1. The Morgan fingerprint density at radius 2 is 1.94 bits per heavy atom. The number of nitrogens with one attached hydrogen (secondary N) is 2. The number of aliphatic hydroxyl groups is 3. The minimum Gasteiger partial charge on any atom is -0.394 e. The van der Waals surface area contributed by atoms with Gasteiger partial charge in [-0.25, -0.2) is 0 Å². The lowest BCUT2D eigenvalue weighted by Gasteiger charge is -2.33. The Labute approximate surface area is 101 Å². The van der Waals surface area contributed by atoms with Crippen molar-refractivity contribution in [3.63, 3.8) is 0 Å². The molecule has 17 heavy (non-hydrogen) atoms. The first kappa shape index (κ1) is 14.4. The predicted octanol–water partition coefficient (Wildman–Crippen LogP) is -1.79. The normalized spacial score (nSPS) is 25.6. The summed E-state index contributed by atoms with van der Waals surface area (Å²) in [6.45, 7) is 1.39. The van der Waals surface area contributed by atoms with Gasteiger partial charge in [0.15, 0.2) is 0 Å². The van der Waals surface area contributed by atoms with E-state index in [0.29, 0.717) is 5.92 Å². The van der Waals surface area contributed by atoms with Gasteiger partial charge in [-0.1, -0.05) is 6.92 Å². The van der Waals surface area contributed by atoms with Gasteiger partial charge in [0.2, 0.25) is 5.91 Å². The highest BCUT2D eigenvalue weighted by Crippen LogP contribution is 2.15. The number of amides is 1. The van der Waals surface area contributed by atoms with E-state index in [9.17, 15) is 4.79 Å². The summed E-state index contributed by atoms with van der Waals surface area (Å²) in [5, 5.41) is 33.0. The smallest absolute Gasteiger partial charge is 0.237 e. The van der Waals surface area contributed by atoms with Crippen molar-refractivity contribution in [3.05, 3.63) is 0 Å². The van der Waals surface area contributed by atoms with Crippen LogP contribution in [0.4, 0.5) is 0 Å². The van der Waals surface area contributed by atoms with Crippen LogP contribution in [0, 0.1) is 5.92 Å². The van der Waals surface area contributed by atoms with Crippen molar-refractivity contribution in [2.45, 2.75) is 31.3 Å². The van der Waals surface area contributed by atoms with E-state index in [2.05, 4.69) is 17.6 Å². The maximum Gasteiger partial charge on any atom is 0.237 e. The van der Waals surface area contributed by atoms with Crippen LogP contribution in [0.25, 0.3) is 0 Å². The van der Waals surface area contributed by atoms with Crippen molar-refractivity contribution >= 4 is 5.91 Å². The Morgan fingerprint density at radius 1 is 1.35 bits per heavy atom.